The summed E-state index contributed by atoms with van der Waals surface area (Å²) in [4.78, 5) is 14.3. The fraction of sp³-hybridized carbons (Fsp3) is 0.812. The number of nitrogens with two attached hydrogens (primary N) is 1. The van der Waals surface area contributed by atoms with Gasteiger partial charge >= 0.3 is 0 Å². The summed E-state index contributed by atoms with van der Waals surface area (Å²) in [5, 5.41) is 0. The highest BCUT2D eigenvalue weighted by molar-refractivity contribution is 5.83. The lowest BCUT2D eigenvalue weighted by Crippen LogP contribution is -2.53. The number of carbonyl (C=O) groups is 1. The van der Waals surface area contributed by atoms with Crippen molar-refractivity contribution in [2.24, 2.45) is 17.1 Å². The lowest BCUT2D eigenvalue weighted by atomic mass is 9.77. The predicted octanol–water partition coefficient (Wildman–Crippen LogP) is 3.00. The van der Waals surface area contributed by atoms with E-state index in [0.29, 0.717) is 12.8 Å². The van der Waals surface area contributed by atoms with Gasteiger partial charge in [0, 0.05) is 18.5 Å². The molecule has 0 bridgehead atoms. The third-order valence-electron chi connectivity index (χ3n) is 5.28. The van der Waals surface area contributed by atoms with Crippen LogP contribution < -0.4 is 5.73 Å². The predicted molar refractivity (Wildman–Crippen MR) is 78.7 cm³/mol. The van der Waals surface area contributed by atoms with Gasteiger partial charge in [-0.15, -0.1) is 0 Å². The molecule has 0 radical (unpaired) electrons. The Hall–Kier alpha value is -0.900. The number of carbonyl (C=O) groups excluding carboxylic acids is 1. The zero-order chi connectivity index (χ0) is 14.9. The summed E-state index contributed by atoms with van der Waals surface area (Å²) in [5.41, 5.74) is 5.32. The van der Waals surface area contributed by atoms with E-state index in [0.717, 1.165) is 25.2 Å². The fourth-order valence-corrected chi connectivity index (χ4v) is 3.42. The molecule has 2 unspecified atom stereocenters. The maximum Gasteiger partial charge on any atom is 0.240 e. The minimum atomic E-state index is -0.829. The first kappa shape index (κ1) is 15.5. The minimum Gasteiger partial charge on any atom is -0.342 e. The van der Waals surface area contributed by atoms with Gasteiger partial charge in [0.25, 0.3) is 0 Å². The van der Waals surface area contributed by atoms with Gasteiger partial charge in [-0.05, 0) is 32.1 Å². The Morgan fingerprint density at radius 3 is 2.45 bits per heavy atom. The smallest absolute Gasteiger partial charge is 0.240 e. The quantitative estimate of drug-likeness (QED) is 0.814. The van der Waals surface area contributed by atoms with E-state index in [-0.39, 0.29) is 11.9 Å². The Labute approximate surface area is 121 Å². The Morgan fingerprint density at radius 2 is 2.00 bits per heavy atom. The maximum atomic E-state index is 13.9. The monoisotopic (exact) mass is 282 g/mol. The van der Waals surface area contributed by atoms with Crippen molar-refractivity contribution in [1.29, 1.82) is 0 Å². The van der Waals surface area contributed by atoms with E-state index in [2.05, 4.69) is 13.5 Å². The summed E-state index contributed by atoms with van der Waals surface area (Å²) in [5.74, 6) is 0.200. The van der Waals surface area contributed by atoms with Gasteiger partial charge < -0.3 is 10.6 Å². The molecule has 2 aliphatic carbocycles. The standard InChI is InChI=1S/C16H27FN2O/c1-11(10-13-6-7-13)19(3)15(20)14(18)16(12(2)17)8-4-5-9-16/h11,13-14H,2,4-10,18H2,1,3H3. The van der Waals surface area contributed by atoms with E-state index in [1.54, 1.807) is 11.9 Å². The third kappa shape index (κ3) is 2.90. The van der Waals surface area contributed by atoms with Gasteiger partial charge in [-0.3, -0.25) is 4.79 Å². The number of rotatable bonds is 6. The van der Waals surface area contributed by atoms with Crippen LogP contribution in [-0.2, 0) is 4.79 Å². The normalized spacial score (nSPS) is 24.2. The number of nitrogens with zero attached hydrogens (tertiary/aromatic N) is 1. The number of likely N-dealkylation sites (N-methyl/N-ethyl adjacent to an activating group) is 1. The van der Waals surface area contributed by atoms with Crippen LogP contribution in [-0.4, -0.2) is 29.9 Å². The molecule has 2 rings (SSSR count). The van der Waals surface area contributed by atoms with Gasteiger partial charge in [-0.1, -0.05) is 32.3 Å². The van der Waals surface area contributed by atoms with Gasteiger partial charge in [-0.25, -0.2) is 4.39 Å². The van der Waals surface area contributed by atoms with Crippen LogP contribution in [0.4, 0.5) is 4.39 Å². The first-order valence-electron chi connectivity index (χ1n) is 7.75. The zero-order valence-electron chi connectivity index (χ0n) is 12.7. The van der Waals surface area contributed by atoms with Crippen molar-refractivity contribution in [3.05, 3.63) is 12.4 Å². The van der Waals surface area contributed by atoms with Crippen molar-refractivity contribution >= 4 is 5.91 Å². The van der Waals surface area contributed by atoms with Gasteiger partial charge in [-0.2, -0.15) is 0 Å². The molecule has 2 N–H and O–H groups in total. The van der Waals surface area contributed by atoms with Crippen LogP contribution in [0, 0.1) is 11.3 Å². The molecule has 0 heterocycles. The molecule has 2 atom stereocenters. The van der Waals surface area contributed by atoms with E-state index in [1.165, 1.54) is 12.8 Å². The molecule has 2 saturated carbocycles. The Bertz CT molecular complexity index is 386. The van der Waals surface area contributed by atoms with Crippen molar-refractivity contribution in [3.8, 4) is 0 Å². The largest absolute Gasteiger partial charge is 0.342 e. The molecule has 0 aromatic rings. The van der Waals surface area contributed by atoms with Gasteiger partial charge in [0.15, 0.2) is 0 Å². The topological polar surface area (TPSA) is 46.3 Å². The van der Waals surface area contributed by atoms with Crippen LogP contribution in [0.2, 0.25) is 0 Å². The van der Waals surface area contributed by atoms with Crippen LogP contribution in [0.15, 0.2) is 12.4 Å². The minimum absolute atomic E-state index is 0.140. The molecular formula is C16H27FN2O. The molecule has 114 valence electrons. The molecule has 0 spiro atoms. The number of amides is 1. The first-order valence-corrected chi connectivity index (χ1v) is 7.75. The van der Waals surface area contributed by atoms with Crippen molar-refractivity contribution < 1.29 is 9.18 Å². The molecule has 0 saturated heterocycles. The Morgan fingerprint density at radius 1 is 1.45 bits per heavy atom. The van der Waals surface area contributed by atoms with Gasteiger partial charge in [0.05, 0.1) is 6.04 Å². The molecule has 1 amide bonds. The van der Waals surface area contributed by atoms with E-state index < -0.39 is 17.3 Å². The average Bonchev–Trinajstić information content (AvgIpc) is 3.08. The van der Waals surface area contributed by atoms with Crippen molar-refractivity contribution in [2.45, 2.75) is 64.0 Å². The third-order valence-corrected chi connectivity index (χ3v) is 5.28. The summed E-state index contributed by atoms with van der Waals surface area (Å²) >= 11 is 0. The summed E-state index contributed by atoms with van der Waals surface area (Å²) < 4.78 is 13.9. The lowest BCUT2D eigenvalue weighted by Gasteiger charge is -2.36. The summed E-state index contributed by atoms with van der Waals surface area (Å²) in [7, 11) is 1.79. The van der Waals surface area contributed by atoms with E-state index >= 15 is 0 Å². The molecule has 2 fully saturated rings. The highest BCUT2D eigenvalue weighted by Crippen LogP contribution is 2.46. The summed E-state index contributed by atoms with van der Waals surface area (Å²) in [6.07, 6.45) is 6.68. The van der Waals surface area contributed by atoms with Crippen LogP contribution in [0.3, 0.4) is 0 Å². The van der Waals surface area contributed by atoms with Crippen LogP contribution in [0.5, 0.6) is 0 Å². The van der Waals surface area contributed by atoms with Crippen molar-refractivity contribution in [3.63, 3.8) is 0 Å². The fourth-order valence-electron chi connectivity index (χ4n) is 3.42. The molecule has 0 aromatic heterocycles. The molecule has 4 heteroatoms. The van der Waals surface area contributed by atoms with Gasteiger partial charge in [0.1, 0.15) is 5.83 Å². The van der Waals surface area contributed by atoms with E-state index in [1.807, 2.05) is 0 Å². The molecule has 2 aliphatic rings. The van der Waals surface area contributed by atoms with Gasteiger partial charge in [0.2, 0.25) is 5.91 Å². The average molecular weight is 282 g/mol. The Kier molecular flexibility index (Phi) is 4.52. The summed E-state index contributed by atoms with van der Waals surface area (Å²) in [6.45, 7) is 5.51. The number of halogens is 1. The van der Waals surface area contributed by atoms with E-state index in [9.17, 15) is 9.18 Å². The number of hydrogen-bond acceptors (Lipinski definition) is 2. The second kappa shape index (κ2) is 5.84. The molecule has 0 aliphatic heterocycles. The second-order valence-electron chi connectivity index (χ2n) is 6.72. The molecule has 3 nitrogen and oxygen atoms in total. The molecule has 20 heavy (non-hydrogen) atoms. The van der Waals surface area contributed by atoms with Crippen LogP contribution in [0.1, 0.15) is 51.9 Å². The second-order valence-corrected chi connectivity index (χ2v) is 6.72. The highest BCUT2D eigenvalue weighted by Gasteiger charge is 2.47. The zero-order valence-corrected chi connectivity index (χ0v) is 12.7. The first-order chi connectivity index (χ1) is 9.38. The molecular weight excluding hydrogens is 255 g/mol. The van der Waals surface area contributed by atoms with Crippen LogP contribution in [0.25, 0.3) is 0 Å². The Balaban J connectivity index is 2.04. The summed E-state index contributed by atoms with van der Waals surface area (Å²) in [6, 6.07) is -0.624. The lowest BCUT2D eigenvalue weighted by molar-refractivity contribution is -0.136. The van der Waals surface area contributed by atoms with Crippen molar-refractivity contribution in [1.82, 2.24) is 4.90 Å². The molecule has 0 aromatic carbocycles. The highest BCUT2D eigenvalue weighted by atomic mass is 19.1. The van der Waals surface area contributed by atoms with E-state index in [4.69, 9.17) is 5.73 Å². The van der Waals surface area contributed by atoms with Crippen molar-refractivity contribution in [2.75, 3.05) is 7.05 Å². The van der Waals surface area contributed by atoms with Crippen LogP contribution >= 0.6 is 0 Å². The number of hydrogen-bond donors (Lipinski definition) is 1. The maximum absolute atomic E-state index is 13.9. The SMILES string of the molecule is C=C(F)C1(C(N)C(=O)N(C)C(C)CC2CC2)CCCC1.